The molecule has 0 atom stereocenters. The molecule has 2 rings (SSSR count). The number of hydrogen-bond acceptors (Lipinski definition) is 2. The molecule has 3 nitrogen and oxygen atoms in total. The molecule has 0 aromatic carbocycles. The molecule has 0 aliphatic heterocycles. The van der Waals surface area contributed by atoms with E-state index < -0.39 is 5.60 Å². The molecule has 0 unspecified atom stereocenters. The Bertz CT molecular complexity index is 263. The van der Waals surface area contributed by atoms with Crippen molar-refractivity contribution >= 4 is 0 Å². The lowest BCUT2D eigenvalue weighted by Crippen LogP contribution is -2.35. The molecule has 0 spiro atoms. The minimum Gasteiger partial charge on any atom is -0.384 e. The maximum absolute atomic E-state index is 9.89. The highest BCUT2D eigenvalue weighted by Crippen LogP contribution is 2.40. The Balaban J connectivity index is 2.35. The monoisotopic (exact) mass is 152 g/mol. The molecule has 1 fully saturated rings. The zero-order chi connectivity index (χ0) is 7.90. The molecule has 60 valence electrons. The summed E-state index contributed by atoms with van der Waals surface area (Å²) < 4.78 is 1.89. The first kappa shape index (κ1) is 6.85. The van der Waals surface area contributed by atoms with Gasteiger partial charge in [-0.25, -0.2) is 4.98 Å². The largest absolute Gasteiger partial charge is 0.384 e. The van der Waals surface area contributed by atoms with Gasteiger partial charge in [0.2, 0.25) is 0 Å². The van der Waals surface area contributed by atoms with Crippen molar-refractivity contribution < 1.29 is 5.11 Å². The second-order valence-corrected chi connectivity index (χ2v) is 3.27. The Morgan fingerprint density at radius 1 is 1.64 bits per heavy atom. The topological polar surface area (TPSA) is 38.0 Å². The zero-order valence-corrected chi connectivity index (χ0v) is 6.62. The lowest BCUT2D eigenvalue weighted by Gasteiger charge is -2.36. The van der Waals surface area contributed by atoms with E-state index >= 15 is 0 Å². The smallest absolute Gasteiger partial charge is 0.106 e. The van der Waals surface area contributed by atoms with Gasteiger partial charge in [-0.1, -0.05) is 0 Å². The van der Waals surface area contributed by atoms with Crippen molar-refractivity contribution in [2.45, 2.75) is 24.9 Å². The summed E-state index contributed by atoms with van der Waals surface area (Å²) in [7, 11) is 1.92. The number of rotatable bonds is 1. The highest BCUT2D eigenvalue weighted by molar-refractivity contribution is 5.13. The number of aryl methyl sites for hydroxylation is 1. The van der Waals surface area contributed by atoms with Gasteiger partial charge < -0.3 is 9.67 Å². The fourth-order valence-electron chi connectivity index (χ4n) is 1.57. The molecule has 1 saturated carbocycles. The molecule has 11 heavy (non-hydrogen) atoms. The number of nitrogens with zero attached hydrogens (tertiary/aromatic N) is 2. The third-order valence-corrected chi connectivity index (χ3v) is 2.47. The van der Waals surface area contributed by atoms with Crippen molar-refractivity contribution in [3.05, 3.63) is 18.2 Å². The Morgan fingerprint density at radius 3 is 2.73 bits per heavy atom. The SMILES string of the molecule is Cn1cncc1C1(O)CCC1. The first-order valence-electron chi connectivity index (χ1n) is 3.91. The van der Waals surface area contributed by atoms with Crippen LogP contribution in [0, 0.1) is 0 Å². The molecule has 0 saturated heterocycles. The molecule has 3 heteroatoms. The predicted molar refractivity (Wildman–Crippen MR) is 41.0 cm³/mol. The van der Waals surface area contributed by atoms with E-state index in [9.17, 15) is 5.11 Å². The average molecular weight is 152 g/mol. The first-order valence-corrected chi connectivity index (χ1v) is 3.91. The van der Waals surface area contributed by atoms with Gasteiger partial charge in [0.05, 0.1) is 18.2 Å². The molecule has 1 aromatic rings. The fraction of sp³-hybridized carbons (Fsp3) is 0.625. The molecular formula is C8H12N2O. The molecule has 1 aliphatic rings. The van der Waals surface area contributed by atoms with Crippen molar-refractivity contribution in [1.82, 2.24) is 9.55 Å². The maximum Gasteiger partial charge on any atom is 0.106 e. The molecule has 0 amide bonds. The highest BCUT2D eigenvalue weighted by Gasteiger charge is 2.38. The van der Waals surface area contributed by atoms with Crippen molar-refractivity contribution in [3.63, 3.8) is 0 Å². The van der Waals surface area contributed by atoms with E-state index in [4.69, 9.17) is 0 Å². The van der Waals surface area contributed by atoms with Crippen LogP contribution in [0.3, 0.4) is 0 Å². The Morgan fingerprint density at radius 2 is 2.36 bits per heavy atom. The average Bonchev–Trinajstić information content (AvgIpc) is 2.30. The second kappa shape index (κ2) is 2.08. The van der Waals surface area contributed by atoms with Gasteiger partial charge >= 0.3 is 0 Å². The standard InChI is InChI=1S/C8H12N2O/c1-10-6-9-5-7(10)8(11)3-2-4-8/h5-6,11H,2-4H2,1H3. The lowest BCUT2D eigenvalue weighted by molar-refractivity contribution is -0.0449. The number of imidazole rings is 1. The molecule has 1 aliphatic carbocycles. The van der Waals surface area contributed by atoms with Crippen LogP contribution in [0.25, 0.3) is 0 Å². The minimum atomic E-state index is -0.564. The number of aromatic nitrogens is 2. The van der Waals surface area contributed by atoms with Crippen LogP contribution in [0.2, 0.25) is 0 Å². The molecule has 1 aromatic heterocycles. The Labute approximate surface area is 65.7 Å². The third kappa shape index (κ3) is 0.878. The van der Waals surface area contributed by atoms with Crippen molar-refractivity contribution in [2.75, 3.05) is 0 Å². The summed E-state index contributed by atoms with van der Waals surface area (Å²) in [5.74, 6) is 0. The van der Waals surface area contributed by atoms with Gasteiger partial charge in [0.15, 0.2) is 0 Å². The predicted octanol–water partition coefficient (Wildman–Crippen LogP) is 0.792. The van der Waals surface area contributed by atoms with Gasteiger partial charge in [0.25, 0.3) is 0 Å². The summed E-state index contributed by atoms with van der Waals surface area (Å²) in [4.78, 5) is 3.97. The van der Waals surface area contributed by atoms with Crippen LogP contribution in [-0.4, -0.2) is 14.7 Å². The summed E-state index contributed by atoms with van der Waals surface area (Å²) in [5, 5.41) is 9.89. The Hall–Kier alpha value is -0.830. The van der Waals surface area contributed by atoms with E-state index in [1.165, 1.54) is 0 Å². The van der Waals surface area contributed by atoms with Crippen molar-refractivity contribution in [3.8, 4) is 0 Å². The number of hydrogen-bond donors (Lipinski definition) is 1. The maximum atomic E-state index is 9.89. The number of aliphatic hydroxyl groups is 1. The molecular weight excluding hydrogens is 140 g/mol. The summed E-state index contributed by atoms with van der Waals surface area (Å²) in [6, 6.07) is 0. The van der Waals surface area contributed by atoms with Gasteiger partial charge in [0, 0.05) is 7.05 Å². The summed E-state index contributed by atoms with van der Waals surface area (Å²) in [5.41, 5.74) is 0.384. The van der Waals surface area contributed by atoms with Crippen LogP contribution < -0.4 is 0 Å². The fourth-order valence-corrected chi connectivity index (χ4v) is 1.57. The summed E-state index contributed by atoms with van der Waals surface area (Å²) in [6.07, 6.45) is 6.37. The van der Waals surface area contributed by atoms with Crippen LogP contribution in [0.15, 0.2) is 12.5 Å². The van der Waals surface area contributed by atoms with Crippen molar-refractivity contribution in [2.24, 2.45) is 7.05 Å². The van der Waals surface area contributed by atoms with E-state index in [0.717, 1.165) is 25.0 Å². The molecule has 1 heterocycles. The van der Waals surface area contributed by atoms with Crippen LogP contribution >= 0.6 is 0 Å². The van der Waals surface area contributed by atoms with Gasteiger partial charge in [-0.05, 0) is 19.3 Å². The normalized spacial score (nSPS) is 21.3. The lowest BCUT2D eigenvalue weighted by atomic mass is 9.78. The van der Waals surface area contributed by atoms with E-state index in [-0.39, 0.29) is 0 Å². The minimum absolute atomic E-state index is 0.564. The first-order chi connectivity index (χ1) is 5.22. The van der Waals surface area contributed by atoms with Gasteiger partial charge in [-0.3, -0.25) is 0 Å². The van der Waals surface area contributed by atoms with Gasteiger partial charge in [0.1, 0.15) is 5.60 Å². The zero-order valence-electron chi connectivity index (χ0n) is 6.62. The van der Waals surface area contributed by atoms with E-state index in [1.807, 2.05) is 11.6 Å². The van der Waals surface area contributed by atoms with Crippen LogP contribution in [-0.2, 0) is 12.6 Å². The molecule has 0 radical (unpaired) electrons. The van der Waals surface area contributed by atoms with Crippen LogP contribution in [0.5, 0.6) is 0 Å². The van der Waals surface area contributed by atoms with Gasteiger partial charge in [-0.15, -0.1) is 0 Å². The van der Waals surface area contributed by atoms with E-state index in [0.29, 0.717) is 0 Å². The van der Waals surface area contributed by atoms with E-state index in [1.54, 1.807) is 12.5 Å². The van der Waals surface area contributed by atoms with Crippen LogP contribution in [0.1, 0.15) is 25.0 Å². The highest BCUT2D eigenvalue weighted by atomic mass is 16.3. The molecule has 1 N–H and O–H groups in total. The van der Waals surface area contributed by atoms with E-state index in [2.05, 4.69) is 4.98 Å². The van der Waals surface area contributed by atoms with Crippen molar-refractivity contribution in [1.29, 1.82) is 0 Å². The Kier molecular flexibility index (Phi) is 1.29. The third-order valence-electron chi connectivity index (χ3n) is 2.47. The second-order valence-electron chi connectivity index (χ2n) is 3.27. The van der Waals surface area contributed by atoms with Crippen LogP contribution in [0.4, 0.5) is 0 Å². The molecule has 0 bridgehead atoms. The summed E-state index contributed by atoms with van der Waals surface area (Å²) >= 11 is 0. The quantitative estimate of drug-likeness (QED) is 0.646. The summed E-state index contributed by atoms with van der Waals surface area (Å²) in [6.45, 7) is 0. The van der Waals surface area contributed by atoms with Gasteiger partial charge in [-0.2, -0.15) is 0 Å².